The highest BCUT2D eigenvalue weighted by molar-refractivity contribution is 9.10. The smallest absolute Gasteiger partial charge is 0.481 e. The van der Waals surface area contributed by atoms with Crippen molar-refractivity contribution >= 4 is 142 Å². The van der Waals surface area contributed by atoms with E-state index in [0.29, 0.717) is 39.2 Å². The number of methoxy groups -OCH3 is 3. The Morgan fingerprint density at radius 2 is 0.980 bits per heavy atom. The van der Waals surface area contributed by atoms with Crippen molar-refractivity contribution in [3.8, 4) is 39.9 Å². The summed E-state index contributed by atoms with van der Waals surface area (Å²) in [6, 6.07) is 50.8. The number of nitrogens with zero attached hydrogens (tertiary/aromatic N) is 7. The number of H-pyrrole nitrogens is 3. The summed E-state index contributed by atoms with van der Waals surface area (Å²) >= 11 is 12.5. The van der Waals surface area contributed by atoms with E-state index in [1.807, 2.05) is 156 Å². The molecule has 1 aliphatic rings. The second-order valence-corrected chi connectivity index (χ2v) is 28.5. The predicted molar refractivity (Wildman–Crippen MR) is 411 cm³/mol. The van der Waals surface area contributed by atoms with Crippen molar-refractivity contribution in [2.75, 3.05) is 21.3 Å². The number of fused-ring (bicyclic) bond motifs is 7. The van der Waals surface area contributed by atoms with Crippen LogP contribution in [0.5, 0.6) is 17.6 Å². The Balaban J connectivity index is 0.000000133. The molecule has 11 heterocycles. The van der Waals surface area contributed by atoms with Gasteiger partial charge in [0.1, 0.15) is 21.7 Å². The minimum atomic E-state index is -3.94. The second-order valence-electron chi connectivity index (χ2n) is 24.5. The first-order valence-electron chi connectivity index (χ1n) is 31.3. The van der Waals surface area contributed by atoms with Crippen molar-refractivity contribution in [1.29, 1.82) is 0 Å². The third kappa shape index (κ3) is 15.0. The van der Waals surface area contributed by atoms with Crippen LogP contribution in [0, 0.1) is 6.92 Å². The molecule has 101 heavy (non-hydrogen) atoms. The fourth-order valence-electron chi connectivity index (χ4n) is 11.4. The summed E-state index contributed by atoms with van der Waals surface area (Å²) in [5, 5.41) is 6.99. The first-order valence-corrected chi connectivity index (χ1v) is 34.7. The summed E-state index contributed by atoms with van der Waals surface area (Å²) < 4.78 is 60.3. The largest absolute Gasteiger partial charge is 0.497 e. The van der Waals surface area contributed by atoms with Crippen LogP contribution in [0.1, 0.15) is 40.7 Å². The van der Waals surface area contributed by atoms with E-state index in [4.69, 9.17) is 35.1 Å². The Hall–Kier alpha value is -10.2. The first-order chi connectivity index (χ1) is 47.8. The Morgan fingerprint density at radius 1 is 0.525 bits per heavy atom. The molecule has 0 spiro atoms. The Morgan fingerprint density at radius 3 is 1.50 bits per heavy atom. The van der Waals surface area contributed by atoms with Gasteiger partial charge in [0.2, 0.25) is 17.6 Å². The van der Waals surface area contributed by atoms with Gasteiger partial charge in [-0.25, -0.2) is 32.3 Å². The van der Waals surface area contributed by atoms with Crippen LogP contribution in [0.2, 0.25) is 5.15 Å². The van der Waals surface area contributed by atoms with Gasteiger partial charge in [-0.3, -0.25) is 14.4 Å². The molecule has 514 valence electrons. The fraction of sp³-hybridized carbons (Fsp3) is 0.171. The van der Waals surface area contributed by atoms with Gasteiger partial charge in [0.05, 0.1) is 59.5 Å². The molecule has 1 fully saturated rings. The standard InChI is InChI=1S/C25H21N3O4S.C18H15N3O2.C13H17BN2O3.C10H8BrNO.C9H5BrClN.CH4/c1-16-4-8-19(9-5-16)33(30,31)28-13-12-20-21(15-27(2)25(29)24(20)28)17-6-10-22-18(14-17)7-11-23(26-22)32-3;1-21-10-14(13-7-8-19-17(13)18(21)22)11-3-5-15-12(9-11)4-6-16(20-15)23-2;1-12(2)13(3,4)19-14(18-12)9-7-16-11(17)10-8(9)5-6-15-10;1-13-10-5-2-7-6-8(11)3-4-9(7)12-10;10-7-2-3-8-6(5-7)1-4-9(11)12-8;/h4-15H,1-3H3;3-10,19H,1-2H3;5-7,15H,1-4H3,(H,16,17);2-6H,1H3;1-5H;1H4. The molecule has 0 bridgehead atoms. The number of halogens is 3. The Labute approximate surface area is 603 Å². The lowest BCUT2D eigenvalue weighted by Gasteiger charge is -2.32. The van der Waals surface area contributed by atoms with Gasteiger partial charge in [-0.05, 0) is 167 Å². The highest BCUT2D eigenvalue weighted by Crippen LogP contribution is 2.38. The highest BCUT2D eigenvalue weighted by Gasteiger charge is 2.52. The van der Waals surface area contributed by atoms with Gasteiger partial charge in [-0.15, -0.1) is 0 Å². The lowest BCUT2D eigenvalue weighted by atomic mass is 9.78. The number of hydrogen-bond donors (Lipinski definition) is 3. The molecule has 0 unspecified atom stereocenters. The first kappa shape index (κ1) is 72.1. The SMILES string of the molecule is C.CC1(C)OB(c2c[nH]c(=O)c3[nH]ccc23)OC1(C)C.COc1ccc2cc(-c3cn(C)c(=O)c4[nH]ccc34)ccc2n1.COc1ccc2cc(-c3cn(C)c(=O)c4c3ccn4S(=O)(=O)c3ccc(C)cc3)ccc2n1.COc1ccc2cc(Br)ccc2n1.Clc1ccc2cc(Br)ccc2n1. The molecule has 3 N–H and O–H groups in total. The lowest BCUT2D eigenvalue weighted by Crippen LogP contribution is -2.41. The molecule has 20 nitrogen and oxygen atoms in total. The molecule has 0 radical (unpaired) electrons. The zero-order valence-corrected chi connectivity index (χ0v) is 60.6. The number of benzene rings is 5. The number of aromatic amines is 3. The van der Waals surface area contributed by atoms with Crippen molar-refractivity contribution in [2.24, 2.45) is 14.1 Å². The van der Waals surface area contributed by atoms with Crippen LogP contribution in [0.4, 0.5) is 0 Å². The van der Waals surface area contributed by atoms with E-state index in [1.54, 1.807) is 107 Å². The number of hydrogen-bond acceptors (Lipinski definition) is 14. The van der Waals surface area contributed by atoms with E-state index in [1.165, 1.54) is 10.8 Å². The fourth-order valence-corrected chi connectivity index (χ4v) is 13.6. The zero-order valence-electron chi connectivity index (χ0n) is 55.9. The summed E-state index contributed by atoms with van der Waals surface area (Å²) in [7, 11) is 3.76. The third-order valence-corrected chi connectivity index (χ3v) is 20.3. The van der Waals surface area contributed by atoms with Crippen molar-refractivity contribution in [2.45, 2.75) is 58.1 Å². The van der Waals surface area contributed by atoms with E-state index in [-0.39, 0.29) is 34.5 Å². The van der Waals surface area contributed by atoms with Crippen LogP contribution in [0.25, 0.3) is 98.6 Å². The van der Waals surface area contributed by atoms with Crippen LogP contribution in [-0.4, -0.2) is 96.1 Å². The van der Waals surface area contributed by atoms with E-state index < -0.39 is 28.3 Å². The van der Waals surface area contributed by atoms with E-state index in [2.05, 4.69) is 72.8 Å². The van der Waals surface area contributed by atoms with Crippen LogP contribution >= 0.6 is 43.5 Å². The summed E-state index contributed by atoms with van der Waals surface area (Å²) in [5.41, 5.74) is 8.93. The summed E-state index contributed by atoms with van der Waals surface area (Å²) in [6.45, 7) is 9.92. The number of rotatable bonds is 8. The maximum absolute atomic E-state index is 13.4. The monoisotopic (exact) mass is 1520 g/mol. The van der Waals surface area contributed by atoms with Gasteiger partial charge in [0, 0.05) is 133 Å². The van der Waals surface area contributed by atoms with Gasteiger partial charge in [0.25, 0.3) is 26.7 Å². The van der Waals surface area contributed by atoms with Gasteiger partial charge in [-0.1, -0.05) is 80.7 Å². The zero-order chi connectivity index (χ0) is 70.9. The summed E-state index contributed by atoms with van der Waals surface area (Å²) in [4.78, 5) is 63.0. The number of nitrogens with one attached hydrogen (secondary N) is 3. The van der Waals surface area contributed by atoms with Gasteiger partial charge >= 0.3 is 7.12 Å². The Bertz CT molecular complexity index is 5880. The molecular formula is C76H70BBr2ClN10O10S. The number of aryl methyl sites for hydroxylation is 3. The predicted octanol–water partition coefficient (Wildman–Crippen LogP) is 15.6. The molecular weight excluding hydrogens is 1450 g/mol. The van der Waals surface area contributed by atoms with E-state index in [9.17, 15) is 22.8 Å². The van der Waals surface area contributed by atoms with Gasteiger partial charge in [-0.2, -0.15) is 0 Å². The highest BCUT2D eigenvalue weighted by atomic mass is 79.9. The molecule has 5 aromatic carbocycles. The van der Waals surface area contributed by atoms with Gasteiger partial charge in [0.15, 0.2) is 0 Å². The maximum atomic E-state index is 13.4. The summed E-state index contributed by atoms with van der Waals surface area (Å²) in [5.74, 6) is 1.77. The topological polar surface area (TPSA) is 245 Å². The minimum absolute atomic E-state index is 0. The number of pyridine rings is 7. The van der Waals surface area contributed by atoms with Crippen molar-refractivity contribution < 1.29 is 31.9 Å². The van der Waals surface area contributed by atoms with Gasteiger partial charge < -0.3 is 47.6 Å². The van der Waals surface area contributed by atoms with E-state index in [0.717, 1.165) is 101 Å². The van der Waals surface area contributed by atoms with Crippen LogP contribution in [0.3, 0.4) is 0 Å². The van der Waals surface area contributed by atoms with Crippen molar-refractivity contribution in [1.82, 2.24) is 48.0 Å². The molecule has 16 rings (SSSR count). The van der Waals surface area contributed by atoms with Crippen LogP contribution in [-0.2, 0) is 33.4 Å². The van der Waals surface area contributed by atoms with Crippen molar-refractivity contribution in [3.05, 3.63) is 252 Å². The average molecular weight is 1520 g/mol. The van der Waals surface area contributed by atoms with E-state index >= 15 is 0 Å². The molecule has 10 aromatic heterocycles. The number of ether oxygens (including phenoxy) is 3. The number of aromatic nitrogens is 10. The minimum Gasteiger partial charge on any atom is -0.481 e. The van der Waals surface area contributed by atoms with Crippen molar-refractivity contribution in [3.63, 3.8) is 0 Å². The molecule has 1 saturated heterocycles. The Kier molecular flexibility index (Phi) is 21.1. The molecule has 15 aromatic rings. The molecule has 0 saturated carbocycles. The van der Waals surface area contributed by atoms with Crippen LogP contribution < -0.4 is 36.4 Å². The maximum Gasteiger partial charge on any atom is 0.497 e. The molecule has 1 aliphatic heterocycles. The molecule has 25 heteroatoms. The van der Waals surface area contributed by atoms with Crippen LogP contribution in [0.15, 0.2) is 229 Å². The molecule has 0 amide bonds. The molecule has 0 atom stereocenters. The quantitative estimate of drug-likeness (QED) is 0.0946. The second kappa shape index (κ2) is 29.5. The summed E-state index contributed by atoms with van der Waals surface area (Å²) in [6.07, 6.45) is 10.2. The normalized spacial score (nSPS) is 13.0. The average Bonchev–Trinajstić information content (AvgIpc) is 1.64. The molecule has 0 aliphatic carbocycles. The lowest BCUT2D eigenvalue weighted by molar-refractivity contribution is 0.00578. The third-order valence-electron chi connectivity index (χ3n) is 17.4.